The quantitative estimate of drug-likeness (QED) is 0.676. The maximum absolute atomic E-state index is 13.4. The van der Waals surface area contributed by atoms with Crippen molar-refractivity contribution in [1.29, 1.82) is 0 Å². The van der Waals surface area contributed by atoms with Crippen LogP contribution in [0.25, 0.3) is 0 Å². The topological polar surface area (TPSA) is 96.0 Å². The second-order valence-corrected chi connectivity index (χ2v) is 8.63. The Labute approximate surface area is 193 Å². The number of esters is 1. The van der Waals surface area contributed by atoms with Gasteiger partial charge in [0.2, 0.25) is 11.6 Å². The van der Waals surface area contributed by atoms with Gasteiger partial charge in [-0.1, -0.05) is 23.7 Å². The van der Waals surface area contributed by atoms with Gasteiger partial charge in [0.1, 0.15) is 5.82 Å². The van der Waals surface area contributed by atoms with Gasteiger partial charge >= 0.3 is 5.97 Å². The lowest BCUT2D eigenvalue weighted by Gasteiger charge is -2.48. The zero-order valence-electron chi connectivity index (χ0n) is 17.3. The average molecular weight is 472 g/mol. The first-order valence-electron chi connectivity index (χ1n) is 10.5. The molecule has 170 valence electrons. The Bertz CT molecular complexity index is 1200. The molecule has 0 aromatic heterocycles. The zero-order chi connectivity index (χ0) is 23.3. The molecule has 2 heterocycles. The fourth-order valence-electron chi connectivity index (χ4n) is 4.53. The van der Waals surface area contributed by atoms with Crippen LogP contribution >= 0.6 is 11.6 Å². The number of benzene rings is 2. The molecule has 1 atom stereocenters. The lowest BCUT2D eigenvalue weighted by atomic mass is 9.96. The van der Waals surface area contributed by atoms with Gasteiger partial charge in [0.05, 0.1) is 16.3 Å². The SMILES string of the molecule is O=C(COC(=O)C12CCC(=O)N1c1ccccc1C(=O)N2C1CC1)Nc1ccc(F)c(Cl)c1. The molecule has 33 heavy (non-hydrogen) atoms. The lowest BCUT2D eigenvalue weighted by molar-refractivity contribution is -0.159. The highest BCUT2D eigenvalue weighted by Crippen LogP contribution is 2.49. The largest absolute Gasteiger partial charge is 0.452 e. The molecule has 0 spiro atoms. The van der Waals surface area contributed by atoms with Crippen LogP contribution in [0.4, 0.5) is 15.8 Å². The molecule has 1 N–H and O–H groups in total. The Kier molecular flexibility index (Phi) is 5.08. The van der Waals surface area contributed by atoms with E-state index in [1.54, 1.807) is 24.3 Å². The fraction of sp³-hybridized carbons (Fsp3) is 0.304. The molecule has 3 amide bonds. The van der Waals surface area contributed by atoms with Crippen molar-refractivity contribution in [2.45, 2.75) is 37.4 Å². The molecule has 1 aliphatic carbocycles. The van der Waals surface area contributed by atoms with E-state index in [1.165, 1.54) is 21.9 Å². The standard InChI is InChI=1S/C23H19ClFN3O5/c24-16-11-13(5-8-17(16)25)26-19(29)12-33-22(32)23-10-9-20(30)28(23)18-4-2-1-3-15(18)21(31)27(23)14-6-7-14/h1-5,8,11,14H,6-7,9-10,12H2,(H,26,29). The van der Waals surface area contributed by atoms with Crippen LogP contribution in [-0.2, 0) is 19.1 Å². The second kappa shape index (κ2) is 7.84. The van der Waals surface area contributed by atoms with Gasteiger partial charge < -0.3 is 15.0 Å². The third-order valence-corrected chi connectivity index (χ3v) is 6.37. The van der Waals surface area contributed by atoms with E-state index < -0.39 is 30.0 Å². The minimum atomic E-state index is -1.62. The minimum Gasteiger partial charge on any atom is -0.452 e. The summed E-state index contributed by atoms with van der Waals surface area (Å²) in [4.78, 5) is 54.8. The van der Waals surface area contributed by atoms with Crippen LogP contribution in [0.15, 0.2) is 42.5 Å². The third-order valence-electron chi connectivity index (χ3n) is 6.08. The number of hydrogen-bond acceptors (Lipinski definition) is 5. The fourth-order valence-corrected chi connectivity index (χ4v) is 4.71. The van der Waals surface area contributed by atoms with E-state index in [1.807, 2.05) is 0 Å². The first kappa shape index (κ1) is 21.4. The van der Waals surface area contributed by atoms with Crippen molar-refractivity contribution in [3.8, 4) is 0 Å². The summed E-state index contributed by atoms with van der Waals surface area (Å²) >= 11 is 5.72. The molecule has 2 aromatic rings. The van der Waals surface area contributed by atoms with E-state index in [0.29, 0.717) is 11.3 Å². The normalized spacial score (nSPS) is 21.5. The molecule has 0 bridgehead atoms. The molecule has 5 rings (SSSR count). The van der Waals surface area contributed by atoms with E-state index in [-0.39, 0.29) is 41.4 Å². The number of carbonyl (C=O) groups is 4. The van der Waals surface area contributed by atoms with Gasteiger partial charge in [-0.25, -0.2) is 9.18 Å². The van der Waals surface area contributed by atoms with Crippen molar-refractivity contribution in [2.24, 2.45) is 0 Å². The molecule has 1 unspecified atom stereocenters. The number of rotatable bonds is 5. The van der Waals surface area contributed by atoms with Crippen LogP contribution in [0.5, 0.6) is 0 Å². The molecule has 8 nitrogen and oxygen atoms in total. The summed E-state index contributed by atoms with van der Waals surface area (Å²) < 4.78 is 18.7. The van der Waals surface area contributed by atoms with Crippen LogP contribution < -0.4 is 10.2 Å². The van der Waals surface area contributed by atoms with E-state index in [9.17, 15) is 23.6 Å². The van der Waals surface area contributed by atoms with Gasteiger partial charge in [-0.15, -0.1) is 0 Å². The maximum atomic E-state index is 13.4. The molecule has 3 aliphatic rings. The number of nitrogens with one attached hydrogen (secondary N) is 1. The van der Waals surface area contributed by atoms with Crippen LogP contribution in [0.3, 0.4) is 0 Å². The first-order chi connectivity index (χ1) is 15.8. The number of hydrogen-bond donors (Lipinski definition) is 1. The number of ether oxygens (including phenoxy) is 1. The van der Waals surface area contributed by atoms with Gasteiger partial charge in [0.25, 0.3) is 11.8 Å². The van der Waals surface area contributed by atoms with E-state index in [2.05, 4.69) is 5.32 Å². The summed E-state index contributed by atoms with van der Waals surface area (Å²) in [5.41, 5.74) is -0.665. The number of para-hydroxylation sites is 1. The Balaban J connectivity index is 1.41. The van der Waals surface area contributed by atoms with Crippen molar-refractivity contribution >= 4 is 46.7 Å². The summed E-state index contributed by atoms with van der Waals surface area (Å²) in [7, 11) is 0. The predicted molar refractivity (Wildman–Crippen MR) is 116 cm³/mol. The third kappa shape index (κ3) is 3.43. The van der Waals surface area contributed by atoms with Crippen molar-refractivity contribution in [3.63, 3.8) is 0 Å². The number of anilines is 2. The van der Waals surface area contributed by atoms with Crippen molar-refractivity contribution < 1.29 is 28.3 Å². The smallest absolute Gasteiger partial charge is 0.354 e. The summed E-state index contributed by atoms with van der Waals surface area (Å²) in [5.74, 6) is -2.76. The molecule has 10 heteroatoms. The highest BCUT2D eigenvalue weighted by molar-refractivity contribution is 6.31. The molecule has 2 fully saturated rings. The average Bonchev–Trinajstić information content (AvgIpc) is 3.57. The van der Waals surface area contributed by atoms with Gasteiger partial charge in [0, 0.05) is 24.6 Å². The molecule has 2 aliphatic heterocycles. The molecule has 1 saturated carbocycles. The van der Waals surface area contributed by atoms with Gasteiger partial charge in [0.15, 0.2) is 6.61 Å². The summed E-state index contributed by atoms with van der Waals surface area (Å²) in [6, 6.07) is 10.1. The van der Waals surface area contributed by atoms with Crippen LogP contribution in [-0.4, -0.2) is 46.9 Å². The monoisotopic (exact) mass is 471 g/mol. The van der Waals surface area contributed by atoms with Crippen molar-refractivity contribution in [2.75, 3.05) is 16.8 Å². The Hall–Kier alpha value is -3.46. The second-order valence-electron chi connectivity index (χ2n) is 8.22. The van der Waals surface area contributed by atoms with Crippen LogP contribution in [0.2, 0.25) is 5.02 Å². The van der Waals surface area contributed by atoms with Crippen molar-refractivity contribution in [3.05, 3.63) is 58.9 Å². The molecular formula is C23H19ClFN3O5. The Morgan fingerprint density at radius 1 is 1.18 bits per heavy atom. The van der Waals surface area contributed by atoms with E-state index >= 15 is 0 Å². The first-order valence-corrected chi connectivity index (χ1v) is 10.9. The molecular weight excluding hydrogens is 453 g/mol. The summed E-state index contributed by atoms with van der Waals surface area (Å²) in [6.45, 7) is -0.647. The predicted octanol–water partition coefficient (Wildman–Crippen LogP) is 3.10. The maximum Gasteiger partial charge on any atom is 0.354 e. The van der Waals surface area contributed by atoms with Crippen LogP contribution in [0, 0.1) is 5.82 Å². The van der Waals surface area contributed by atoms with E-state index in [4.69, 9.17) is 16.3 Å². The number of halogens is 2. The number of fused-ring (bicyclic) bond motifs is 3. The van der Waals surface area contributed by atoms with Crippen LogP contribution in [0.1, 0.15) is 36.0 Å². The molecule has 2 aromatic carbocycles. The van der Waals surface area contributed by atoms with E-state index in [0.717, 1.165) is 18.9 Å². The van der Waals surface area contributed by atoms with Gasteiger partial charge in [-0.3, -0.25) is 19.3 Å². The lowest BCUT2D eigenvalue weighted by Crippen LogP contribution is -2.69. The zero-order valence-corrected chi connectivity index (χ0v) is 18.1. The molecule has 0 radical (unpaired) electrons. The minimum absolute atomic E-state index is 0.0697. The van der Waals surface area contributed by atoms with Gasteiger partial charge in [-0.2, -0.15) is 0 Å². The number of nitrogens with zero attached hydrogens (tertiary/aromatic N) is 2. The van der Waals surface area contributed by atoms with Gasteiger partial charge in [-0.05, 0) is 43.2 Å². The summed E-state index contributed by atoms with van der Waals surface area (Å²) in [5, 5.41) is 2.31. The number of carbonyl (C=O) groups excluding carboxylic acids is 4. The highest BCUT2D eigenvalue weighted by atomic mass is 35.5. The Morgan fingerprint density at radius 2 is 1.94 bits per heavy atom. The number of amides is 3. The highest BCUT2D eigenvalue weighted by Gasteiger charge is 2.64. The van der Waals surface area contributed by atoms with Crippen molar-refractivity contribution in [1.82, 2.24) is 4.90 Å². The summed E-state index contributed by atoms with van der Waals surface area (Å²) in [6.07, 6.45) is 1.59. The Morgan fingerprint density at radius 3 is 2.67 bits per heavy atom. The molecule has 1 saturated heterocycles.